The van der Waals surface area contributed by atoms with Gasteiger partial charge in [0.15, 0.2) is 10.7 Å². The smallest absolute Gasteiger partial charge is 0.257 e. The van der Waals surface area contributed by atoms with E-state index < -0.39 is 0 Å². The topological polar surface area (TPSA) is 67.2 Å². The van der Waals surface area contributed by atoms with Gasteiger partial charge in [0, 0.05) is 16.8 Å². The molecule has 0 atom stereocenters. The van der Waals surface area contributed by atoms with Crippen LogP contribution in [-0.4, -0.2) is 16.0 Å². The predicted molar refractivity (Wildman–Crippen MR) is 128 cm³/mol. The van der Waals surface area contributed by atoms with Gasteiger partial charge in [-0.05, 0) is 78.7 Å². The Morgan fingerprint density at radius 2 is 1.77 bits per heavy atom. The van der Waals surface area contributed by atoms with E-state index in [1.54, 1.807) is 6.07 Å². The molecule has 0 spiro atoms. The van der Waals surface area contributed by atoms with Crippen LogP contribution in [0.4, 0.5) is 5.69 Å². The van der Waals surface area contributed by atoms with Crippen molar-refractivity contribution in [2.24, 2.45) is 0 Å². The van der Waals surface area contributed by atoms with Crippen molar-refractivity contribution in [1.29, 1.82) is 0 Å². The molecule has 4 aromatic rings. The van der Waals surface area contributed by atoms with Gasteiger partial charge in [-0.25, -0.2) is 4.98 Å². The normalized spacial score (nSPS) is 11.0. The first-order valence-corrected chi connectivity index (χ1v) is 10.5. The number of thiocarbonyl (C=S) groups is 1. The number of carbonyl (C=O) groups is 1. The zero-order valence-electron chi connectivity index (χ0n) is 17.6. The molecule has 1 amide bonds. The highest BCUT2D eigenvalue weighted by atomic mass is 32.1. The highest BCUT2D eigenvalue weighted by Crippen LogP contribution is 2.27. The molecule has 1 aromatic heterocycles. The van der Waals surface area contributed by atoms with E-state index in [2.05, 4.69) is 41.6 Å². The van der Waals surface area contributed by atoms with E-state index in [1.807, 2.05) is 55.5 Å². The number of carbonyl (C=O) groups excluding carboxylic acids is 1. The minimum absolute atomic E-state index is 0.237. The molecule has 2 N–H and O–H groups in total. The van der Waals surface area contributed by atoms with Gasteiger partial charge in [0.2, 0.25) is 5.89 Å². The summed E-state index contributed by atoms with van der Waals surface area (Å²) in [5, 5.41) is 5.99. The van der Waals surface area contributed by atoms with E-state index in [1.165, 1.54) is 5.56 Å². The predicted octanol–water partition coefficient (Wildman–Crippen LogP) is 6.05. The molecule has 6 heteroatoms. The molecule has 4 rings (SSSR count). The summed E-state index contributed by atoms with van der Waals surface area (Å²) in [6.45, 7) is 6.20. The molecule has 31 heavy (non-hydrogen) atoms. The zero-order valence-corrected chi connectivity index (χ0v) is 18.4. The highest BCUT2D eigenvalue weighted by molar-refractivity contribution is 7.80. The third-order valence-electron chi connectivity index (χ3n) is 5.08. The Morgan fingerprint density at radius 3 is 2.48 bits per heavy atom. The first-order chi connectivity index (χ1) is 14.9. The van der Waals surface area contributed by atoms with Gasteiger partial charge in [-0.1, -0.05) is 38.1 Å². The molecule has 3 aromatic carbocycles. The van der Waals surface area contributed by atoms with Crippen molar-refractivity contribution < 1.29 is 9.21 Å². The van der Waals surface area contributed by atoms with Gasteiger partial charge >= 0.3 is 0 Å². The fourth-order valence-corrected chi connectivity index (χ4v) is 3.49. The molecule has 0 aliphatic heterocycles. The van der Waals surface area contributed by atoms with Crippen LogP contribution in [0, 0.1) is 6.92 Å². The number of amides is 1. The summed E-state index contributed by atoms with van der Waals surface area (Å²) >= 11 is 5.28. The van der Waals surface area contributed by atoms with Gasteiger partial charge < -0.3 is 9.73 Å². The molecule has 156 valence electrons. The first kappa shape index (κ1) is 20.8. The lowest BCUT2D eigenvalue weighted by molar-refractivity contribution is 0.0977. The number of benzene rings is 3. The van der Waals surface area contributed by atoms with Crippen molar-refractivity contribution in [1.82, 2.24) is 10.3 Å². The van der Waals surface area contributed by atoms with Crippen LogP contribution in [0.2, 0.25) is 0 Å². The average Bonchev–Trinajstić information content (AvgIpc) is 3.17. The van der Waals surface area contributed by atoms with Crippen LogP contribution in [0.5, 0.6) is 0 Å². The summed E-state index contributed by atoms with van der Waals surface area (Å²) in [5.41, 5.74) is 5.96. The fraction of sp³-hybridized carbons (Fsp3) is 0.160. The van der Waals surface area contributed by atoms with Crippen LogP contribution < -0.4 is 10.6 Å². The van der Waals surface area contributed by atoms with E-state index in [0.717, 1.165) is 27.9 Å². The quantitative estimate of drug-likeness (QED) is 0.386. The van der Waals surface area contributed by atoms with Crippen molar-refractivity contribution in [3.05, 3.63) is 83.4 Å². The van der Waals surface area contributed by atoms with Crippen LogP contribution in [0.1, 0.15) is 41.3 Å². The second-order valence-electron chi connectivity index (χ2n) is 7.70. The lowest BCUT2D eigenvalue weighted by atomic mass is 10.0. The number of hydrogen-bond donors (Lipinski definition) is 2. The number of oxazole rings is 1. The molecular formula is C25H23N3O2S. The third-order valence-corrected chi connectivity index (χ3v) is 5.29. The number of hydrogen-bond acceptors (Lipinski definition) is 4. The Kier molecular flexibility index (Phi) is 5.82. The number of fused-ring (bicyclic) bond motifs is 1. The molecule has 0 radical (unpaired) electrons. The van der Waals surface area contributed by atoms with Crippen molar-refractivity contribution in [3.63, 3.8) is 0 Å². The minimum Gasteiger partial charge on any atom is -0.436 e. The van der Waals surface area contributed by atoms with Crippen LogP contribution in [0.25, 0.3) is 22.6 Å². The summed E-state index contributed by atoms with van der Waals surface area (Å²) in [7, 11) is 0. The van der Waals surface area contributed by atoms with Crippen LogP contribution in [0.3, 0.4) is 0 Å². The number of nitrogens with zero attached hydrogens (tertiary/aromatic N) is 1. The summed E-state index contributed by atoms with van der Waals surface area (Å²) in [5.74, 6) is 0.766. The van der Waals surface area contributed by atoms with Crippen LogP contribution in [-0.2, 0) is 0 Å². The van der Waals surface area contributed by atoms with Gasteiger partial charge in [-0.3, -0.25) is 10.1 Å². The monoisotopic (exact) mass is 429 g/mol. The average molecular weight is 430 g/mol. The Bertz CT molecular complexity index is 1260. The second-order valence-corrected chi connectivity index (χ2v) is 8.11. The largest absolute Gasteiger partial charge is 0.436 e. The zero-order chi connectivity index (χ0) is 22.0. The van der Waals surface area contributed by atoms with E-state index in [0.29, 0.717) is 17.4 Å². The highest BCUT2D eigenvalue weighted by Gasteiger charge is 2.12. The third kappa shape index (κ3) is 4.64. The van der Waals surface area contributed by atoms with Crippen molar-refractivity contribution >= 4 is 40.0 Å². The van der Waals surface area contributed by atoms with Crippen LogP contribution in [0.15, 0.2) is 71.1 Å². The molecule has 0 saturated heterocycles. The number of anilines is 1. The molecule has 0 bridgehead atoms. The van der Waals surface area contributed by atoms with Gasteiger partial charge in [0.25, 0.3) is 5.91 Å². The lowest BCUT2D eigenvalue weighted by Crippen LogP contribution is -2.34. The minimum atomic E-state index is -0.237. The van der Waals surface area contributed by atoms with E-state index in [9.17, 15) is 4.79 Å². The maximum absolute atomic E-state index is 12.4. The molecule has 0 aliphatic carbocycles. The Balaban J connectivity index is 1.44. The molecular weight excluding hydrogens is 406 g/mol. The van der Waals surface area contributed by atoms with Crippen molar-refractivity contribution in [2.75, 3.05) is 5.32 Å². The van der Waals surface area contributed by atoms with Crippen LogP contribution >= 0.6 is 12.2 Å². The number of aryl methyl sites for hydroxylation is 1. The van der Waals surface area contributed by atoms with Gasteiger partial charge in [-0.2, -0.15) is 0 Å². The SMILES string of the molecule is Cc1ccccc1C(=O)NC(=S)Nc1ccc(-c2nc3cc(C(C)C)ccc3o2)cc1. The van der Waals surface area contributed by atoms with E-state index in [4.69, 9.17) is 16.6 Å². The number of nitrogens with one attached hydrogen (secondary N) is 2. The molecule has 1 heterocycles. The van der Waals surface area contributed by atoms with Gasteiger partial charge in [0.1, 0.15) is 5.52 Å². The maximum Gasteiger partial charge on any atom is 0.257 e. The molecule has 0 aliphatic rings. The first-order valence-electron chi connectivity index (χ1n) is 10.1. The summed E-state index contributed by atoms with van der Waals surface area (Å²) in [6.07, 6.45) is 0. The molecule has 0 unspecified atom stereocenters. The fourth-order valence-electron chi connectivity index (χ4n) is 3.28. The maximum atomic E-state index is 12.4. The summed E-state index contributed by atoms with van der Waals surface area (Å²) in [4.78, 5) is 17.0. The number of aromatic nitrogens is 1. The Labute approximate surface area is 186 Å². The second kappa shape index (κ2) is 8.70. The van der Waals surface area contributed by atoms with Crippen molar-refractivity contribution in [2.45, 2.75) is 26.7 Å². The molecule has 5 nitrogen and oxygen atoms in total. The molecule has 0 fully saturated rings. The van der Waals surface area contributed by atoms with E-state index >= 15 is 0 Å². The van der Waals surface area contributed by atoms with Crippen molar-refractivity contribution in [3.8, 4) is 11.5 Å². The molecule has 0 saturated carbocycles. The summed E-state index contributed by atoms with van der Waals surface area (Å²) in [6, 6.07) is 21.0. The summed E-state index contributed by atoms with van der Waals surface area (Å²) < 4.78 is 5.91. The van der Waals surface area contributed by atoms with Gasteiger partial charge in [-0.15, -0.1) is 0 Å². The number of rotatable bonds is 4. The Hall–Kier alpha value is -3.51. The van der Waals surface area contributed by atoms with E-state index in [-0.39, 0.29) is 11.0 Å². The lowest BCUT2D eigenvalue weighted by Gasteiger charge is -2.11. The van der Waals surface area contributed by atoms with Gasteiger partial charge in [0.05, 0.1) is 0 Å². The standard InChI is InChI=1S/C25H23N3O2S/c1-15(2)18-10-13-22-21(14-18)27-24(30-22)17-8-11-19(12-9-17)26-25(31)28-23(29)20-7-5-4-6-16(20)3/h4-15H,1-3H3,(H2,26,28,29,31). The Morgan fingerprint density at radius 1 is 1.03 bits per heavy atom.